The molecule has 0 saturated heterocycles. The Balaban J connectivity index is 1.71. The highest BCUT2D eigenvalue weighted by atomic mass is 16.2. The Morgan fingerprint density at radius 2 is 1.67 bits per heavy atom. The van der Waals surface area contributed by atoms with Crippen molar-refractivity contribution in [1.82, 2.24) is 0 Å². The number of benzene rings is 3. The Bertz CT molecular complexity index is 857. The van der Waals surface area contributed by atoms with Crippen LogP contribution in [0.25, 0.3) is 10.8 Å². The van der Waals surface area contributed by atoms with Crippen LogP contribution in [-0.2, 0) is 11.2 Å². The van der Waals surface area contributed by atoms with Gasteiger partial charge in [-0.25, -0.2) is 0 Å². The van der Waals surface area contributed by atoms with Gasteiger partial charge in [-0.3, -0.25) is 4.79 Å². The number of nitrogens with zero attached hydrogens (tertiary/aromatic N) is 1. The van der Waals surface area contributed by atoms with E-state index in [0.717, 1.165) is 23.4 Å². The van der Waals surface area contributed by atoms with Crippen molar-refractivity contribution in [2.45, 2.75) is 13.3 Å². The summed E-state index contributed by atoms with van der Waals surface area (Å²) in [5.41, 5.74) is 3.09. The molecule has 0 bridgehead atoms. The molecule has 0 atom stereocenters. The molecule has 0 heterocycles. The summed E-state index contributed by atoms with van der Waals surface area (Å²) < 4.78 is 0. The quantitative estimate of drug-likeness (QED) is 0.752. The summed E-state index contributed by atoms with van der Waals surface area (Å²) in [6.07, 6.45) is 0.900. The summed E-state index contributed by atoms with van der Waals surface area (Å²) >= 11 is 0. The van der Waals surface area contributed by atoms with E-state index in [0.29, 0.717) is 6.54 Å². The number of nitrogens with one attached hydrogen (secondary N) is 1. The predicted octanol–water partition coefficient (Wildman–Crippen LogP) is 4.48. The third-order valence-electron chi connectivity index (χ3n) is 4.23. The summed E-state index contributed by atoms with van der Waals surface area (Å²) in [4.78, 5) is 14.3. The van der Waals surface area contributed by atoms with Crippen LogP contribution in [0.2, 0.25) is 0 Å². The molecule has 3 heteroatoms. The molecule has 0 spiro atoms. The van der Waals surface area contributed by atoms with E-state index in [9.17, 15) is 4.79 Å². The number of fused-ring (bicyclic) bond motifs is 1. The lowest BCUT2D eigenvalue weighted by Gasteiger charge is -2.20. The highest BCUT2D eigenvalue weighted by molar-refractivity contribution is 5.95. The minimum Gasteiger partial charge on any atom is -0.365 e. The molecule has 3 rings (SSSR count). The zero-order valence-corrected chi connectivity index (χ0v) is 14.1. The van der Waals surface area contributed by atoms with Crippen LogP contribution in [0.15, 0.2) is 66.7 Å². The largest absolute Gasteiger partial charge is 0.365 e. The summed E-state index contributed by atoms with van der Waals surface area (Å²) in [6.45, 7) is 2.41. The van der Waals surface area contributed by atoms with Gasteiger partial charge in [0.15, 0.2) is 0 Å². The van der Waals surface area contributed by atoms with Gasteiger partial charge in [-0.05, 0) is 41.0 Å². The zero-order valence-electron chi connectivity index (χ0n) is 14.1. The minimum atomic E-state index is -0.00782. The maximum absolute atomic E-state index is 12.4. The van der Waals surface area contributed by atoms with Gasteiger partial charge in [0.05, 0.1) is 6.54 Å². The van der Waals surface area contributed by atoms with E-state index in [1.165, 1.54) is 10.8 Å². The Labute approximate surface area is 142 Å². The number of likely N-dealkylation sites (N-methyl/N-ethyl adjacent to an activating group) is 1. The number of hydrogen-bond acceptors (Lipinski definition) is 2. The highest BCUT2D eigenvalue weighted by Gasteiger charge is 2.10. The molecule has 0 saturated carbocycles. The molecule has 3 aromatic rings. The molecular weight excluding hydrogens is 296 g/mol. The third kappa shape index (κ3) is 3.57. The van der Waals surface area contributed by atoms with Crippen LogP contribution in [0, 0.1) is 0 Å². The van der Waals surface area contributed by atoms with Crippen molar-refractivity contribution in [3.63, 3.8) is 0 Å². The molecule has 0 aromatic heterocycles. The molecule has 24 heavy (non-hydrogen) atoms. The van der Waals surface area contributed by atoms with Gasteiger partial charge in [0.25, 0.3) is 0 Å². The number of carbonyl (C=O) groups excluding carboxylic acids is 1. The van der Waals surface area contributed by atoms with Crippen LogP contribution < -0.4 is 10.2 Å². The monoisotopic (exact) mass is 318 g/mol. The predicted molar refractivity (Wildman–Crippen MR) is 102 cm³/mol. The van der Waals surface area contributed by atoms with Crippen molar-refractivity contribution in [1.29, 1.82) is 0 Å². The maximum Gasteiger partial charge on any atom is 0.243 e. The first-order chi connectivity index (χ1) is 11.7. The number of amides is 1. The summed E-state index contributed by atoms with van der Waals surface area (Å²) in [6, 6.07) is 22.4. The fourth-order valence-corrected chi connectivity index (χ4v) is 2.86. The van der Waals surface area contributed by atoms with Crippen molar-refractivity contribution in [2.24, 2.45) is 0 Å². The molecule has 0 radical (unpaired) electrons. The van der Waals surface area contributed by atoms with E-state index in [1.807, 2.05) is 48.3 Å². The Morgan fingerprint density at radius 1 is 0.958 bits per heavy atom. The second kappa shape index (κ2) is 7.18. The van der Waals surface area contributed by atoms with Gasteiger partial charge >= 0.3 is 0 Å². The van der Waals surface area contributed by atoms with Gasteiger partial charge in [-0.15, -0.1) is 0 Å². The SMILES string of the molecule is CCc1ccccc1NC(=O)CN(C)c1ccc2ccccc2c1. The van der Waals surface area contributed by atoms with E-state index >= 15 is 0 Å². The number of hydrogen-bond donors (Lipinski definition) is 1. The zero-order chi connectivity index (χ0) is 16.9. The first-order valence-corrected chi connectivity index (χ1v) is 8.25. The van der Waals surface area contributed by atoms with E-state index in [1.54, 1.807) is 0 Å². The lowest BCUT2D eigenvalue weighted by molar-refractivity contribution is -0.114. The van der Waals surface area contributed by atoms with E-state index in [2.05, 4.69) is 42.6 Å². The van der Waals surface area contributed by atoms with Gasteiger partial charge in [-0.1, -0.05) is 55.5 Å². The summed E-state index contributed by atoms with van der Waals surface area (Å²) in [7, 11) is 1.94. The molecule has 0 aliphatic carbocycles. The van der Waals surface area contributed by atoms with E-state index in [-0.39, 0.29) is 5.91 Å². The molecule has 3 nitrogen and oxygen atoms in total. The van der Waals surface area contributed by atoms with Gasteiger partial charge in [0.2, 0.25) is 5.91 Å². The number of aryl methyl sites for hydroxylation is 1. The first-order valence-electron chi connectivity index (χ1n) is 8.25. The Morgan fingerprint density at radius 3 is 2.46 bits per heavy atom. The molecule has 0 aliphatic rings. The van der Waals surface area contributed by atoms with Gasteiger partial charge in [0.1, 0.15) is 0 Å². The van der Waals surface area contributed by atoms with E-state index in [4.69, 9.17) is 0 Å². The van der Waals surface area contributed by atoms with Crippen LogP contribution in [0.4, 0.5) is 11.4 Å². The second-order valence-electron chi connectivity index (χ2n) is 5.95. The Kier molecular flexibility index (Phi) is 4.80. The lowest BCUT2D eigenvalue weighted by atomic mass is 10.1. The van der Waals surface area contributed by atoms with E-state index < -0.39 is 0 Å². The van der Waals surface area contributed by atoms with Crippen molar-refractivity contribution < 1.29 is 4.79 Å². The van der Waals surface area contributed by atoms with Gasteiger partial charge in [-0.2, -0.15) is 0 Å². The number of carbonyl (C=O) groups is 1. The normalized spacial score (nSPS) is 10.6. The number of anilines is 2. The van der Waals surface area contributed by atoms with Crippen molar-refractivity contribution in [3.8, 4) is 0 Å². The molecule has 1 amide bonds. The summed E-state index contributed by atoms with van der Waals surface area (Å²) in [5, 5.41) is 5.40. The number of rotatable bonds is 5. The van der Waals surface area contributed by atoms with Crippen molar-refractivity contribution in [2.75, 3.05) is 23.8 Å². The van der Waals surface area contributed by atoms with Crippen LogP contribution in [0.1, 0.15) is 12.5 Å². The van der Waals surface area contributed by atoms with Crippen LogP contribution in [0.3, 0.4) is 0 Å². The minimum absolute atomic E-state index is 0.00782. The van der Waals surface area contributed by atoms with Crippen molar-refractivity contribution >= 4 is 28.1 Å². The topological polar surface area (TPSA) is 32.3 Å². The van der Waals surface area contributed by atoms with Crippen LogP contribution >= 0.6 is 0 Å². The molecule has 0 aliphatic heterocycles. The molecule has 1 N–H and O–H groups in total. The van der Waals surface area contributed by atoms with Crippen LogP contribution in [0.5, 0.6) is 0 Å². The molecule has 0 unspecified atom stereocenters. The van der Waals surface area contributed by atoms with Crippen molar-refractivity contribution in [3.05, 3.63) is 72.3 Å². The smallest absolute Gasteiger partial charge is 0.243 e. The molecule has 0 fully saturated rings. The van der Waals surface area contributed by atoms with Gasteiger partial charge < -0.3 is 10.2 Å². The number of para-hydroxylation sites is 1. The summed E-state index contributed by atoms with van der Waals surface area (Å²) in [5.74, 6) is -0.00782. The first kappa shape index (κ1) is 16.1. The average Bonchev–Trinajstić information content (AvgIpc) is 2.61. The molecule has 3 aromatic carbocycles. The van der Waals surface area contributed by atoms with Gasteiger partial charge in [0, 0.05) is 18.4 Å². The highest BCUT2D eigenvalue weighted by Crippen LogP contribution is 2.21. The standard InChI is InChI=1S/C21H22N2O/c1-3-16-8-6-7-11-20(16)22-21(24)15-23(2)19-13-12-17-9-4-5-10-18(17)14-19/h4-14H,3,15H2,1-2H3,(H,22,24). The second-order valence-corrected chi connectivity index (χ2v) is 5.95. The third-order valence-corrected chi connectivity index (χ3v) is 4.23. The average molecular weight is 318 g/mol. The lowest BCUT2D eigenvalue weighted by Crippen LogP contribution is -2.30. The fourth-order valence-electron chi connectivity index (χ4n) is 2.86. The molecule has 122 valence electrons. The fraction of sp³-hybridized carbons (Fsp3) is 0.190. The maximum atomic E-state index is 12.4. The Hall–Kier alpha value is -2.81. The molecular formula is C21H22N2O. The van der Waals surface area contributed by atoms with Crippen LogP contribution in [-0.4, -0.2) is 19.5 Å².